The van der Waals surface area contributed by atoms with Gasteiger partial charge in [-0.2, -0.15) is 5.10 Å². The molecule has 1 aromatic rings. The summed E-state index contributed by atoms with van der Waals surface area (Å²) in [5.41, 5.74) is 3.50. The number of aromatic nitrogens is 2. The molecule has 3 rings (SSSR count). The standard InChI is InChI=1S/C17H30N6.HI/c1-5-18-17(19-10-16-12(2)21-22(4)13(16)3)20-14-8-9-23(11-14)15-6-7-15;/h14-15H,5-11H2,1-4H3,(H2,18,19,20);1H. The molecule has 1 atom stereocenters. The van der Waals surface area contributed by atoms with Gasteiger partial charge in [0.25, 0.3) is 0 Å². The number of halogens is 1. The van der Waals surface area contributed by atoms with Crippen molar-refractivity contribution < 1.29 is 0 Å². The first-order valence-corrected chi connectivity index (χ1v) is 8.86. The maximum Gasteiger partial charge on any atom is 0.191 e. The van der Waals surface area contributed by atoms with Gasteiger partial charge in [-0.05, 0) is 40.0 Å². The number of likely N-dealkylation sites (tertiary alicyclic amines) is 1. The van der Waals surface area contributed by atoms with Crippen molar-refractivity contribution in [3.05, 3.63) is 17.0 Å². The zero-order valence-corrected chi connectivity index (χ0v) is 17.6. The van der Waals surface area contributed by atoms with E-state index in [0.29, 0.717) is 12.6 Å². The van der Waals surface area contributed by atoms with E-state index in [-0.39, 0.29) is 24.0 Å². The fourth-order valence-electron chi connectivity index (χ4n) is 3.39. The Hall–Kier alpha value is -0.830. The molecule has 2 fully saturated rings. The van der Waals surface area contributed by atoms with Gasteiger partial charge in [0.05, 0.1) is 12.2 Å². The summed E-state index contributed by atoms with van der Waals surface area (Å²) in [5.74, 6) is 0.929. The number of aryl methyl sites for hydroxylation is 2. The van der Waals surface area contributed by atoms with Crippen molar-refractivity contribution in [2.24, 2.45) is 12.0 Å². The van der Waals surface area contributed by atoms with Crippen LogP contribution in [0.1, 0.15) is 43.1 Å². The second kappa shape index (κ2) is 8.51. The Kier molecular flexibility index (Phi) is 6.91. The van der Waals surface area contributed by atoms with Crippen LogP contribution >= 0.6 is 24.0 Å². The fourth-order valence-corrected chi connectivity index (χ4v) is 3.39. The molecule has 1 saturated carbocycles. The average molecular weight is 446 g/mol. The third-order valence-corrected chi connectivity index (χ3v) is 5.02. The summed E-state index contributed by atoms with van der Waals surface area (Å²) in [5, 5.41) is 11.5. The Labute approximate surface area is 162 Å². The lowest BCUT2D eigenvalue weighted by atomic mass is 10.2. The van der Waals surface area contributed by atoms with Crippen LogP contribution < -0.4 is 10.6 Å². The molecule has 6 nitrogen and oxygen atoms in total. The van der Waals surface area contributed by atoms with Gasteiger partial charge in [0.1, 0.15) is 0 Å². The normalized spacial score (nSPS) is 21.7. The van der Waals surface area contributed by atoms with E-state index in [9.17, 15) is 0 Å². The number of nitrogens with zero attached hydrogens (tertiary/aromatic N) is 4. The quantitative estimate of drug-likeness (QED) is 0.413. The van der Waals surface area contributed by atoms with Crippen LogP contribution in [0.4, 0.5) is 0 Å². The smallest absolute Gasteiger partial charge is 0.191 e. The van der Waals surface area contributed by atoms with Gasteiger partial charge < -0.3 is 10.6 Å². The Morgan fingerprint density at radius 1 is 1.29 bits per heavy atom. The summed E-state index contributed by atoms with van der Waals surface area (Å²) in [7, 11) is 1.99. The van der Waals surface area contributed by atoms with E-state index in [1.165, 1.54) is 37.1 Å². The van der Waals surface area contributed by atoms with Gasteiger partial charge >= 0.3 is 0 Å². The molecule has 2 heterocycles. The van der Waals surface area contributed by atoms with Gasteiger partial charge in [-0.25, -0.2) is 4.99 Å². The minimum Gasteiger partial charge on any atom is -0.357 e. The van der Waals surface area contributed by atoms with E-state index < -0.39 is 0 Å². The number of guanidine groups is 1. The molecule has 24 heavy (non-hydrogen) atoms. The molecule has 1 aliphatic carbocycles. The van der Waals surface area contributed by atoms with E-state index in [1.807, 2.05) is 11.7 Å². The molecular formula is C17H31IN6. The van der Waals surface area contributed by atoms with E-state index >= 15 is 0 Å². The average Bonchev–Trinajstić information content (AvgIpc) is 3.21. The number of nitrogens with one attached hydrogen (secondary N) is 2. The fraction of sp³-hybridized carbons (Fsp3) is 0.765. The summed E-state index contributed by atoms with van der Waals surface area (Å²) < 4.78 is 1.94. The number of hydrogen-bond donors (Lipinski definition) is 2. The zero-order valence-electron chi connectivity index (χ0n) is 15.3. The summed E-state index contributed by atoms with van der Waals surface area (Å²) in [6.07, 6.45) is 3.99. The first kappa shape index (κ1) is 19.5. The predicted molar refractivity (Wildman–Crippen MR) is 109 cm³/mol. The maximum atomic E-state index is 4.79. The number of rotatable bonds is 5. The molecule has 0 aromatic carbocycles. The molecule has 136 valence electrons. The first-order chi connectivity index (χ1) is 11.1. The van der Waals surface area contributed by atoms with Crippen LogP contribution in [0, 0.1) is 13.8 Å². The van der Waals surface area contributed by atoms with Crippen LogP contribution in [0.3, 0.4) is 0 Å². The highest BCUT2D eigenvalue weighted by molar-refractivity contribution is 14.0. The maximum absolute atomic E-state index is 4.79. The van der Waals surface area contributed by atoms with Crippen molar-refractivity contribution in [3.8, 4) is 0 Å². The lowest BCUT2D eigenvalue weighted by Crippen LogP contribution is -2.44. The Morgan fingerprint density at radius 3 is 2.62 bits per heavy atom. The van der Waals surface area contributed by atoms with Crippen LogP contribution in [0.2, 0.25) is 0 Å². The van der Waals surface area contributed by atoms with E-state index in [1.54, 1.807) is 0 Å². The van der Waals surface area contributed by atoms with Gasteiger partial charge in [-0.15, -0.1) is 24.0 Å². The van der Waals surface area contributed by atoms with Crippen LogP contribution in [0.5, 0.6) is 0 Å². The minimum atomic E-state index is 0. The third-order valence-electron chi connectivity index (χ3n) is 5.02. The molecule has 1 aliphatic heterocycles. The lowest BCUT2D eigenvalue weighted by molar-refractivity contribution is 0.321. The van der Waals surface area contributed by atoms with Gasteiger partial charge in [0, 0.05) is 50.0 Å². The van der Waals surface area contributed by atoms with Crippen LogP contribution in [0.25, 0.3) is 0 Å². The summed E-state index contributed by atoms with van der Waals surface area (Å²) in [4.78, 5) is 7.41. The molecule has 0 radical (unpaired) electrons. The molecule has 1 aromatic heterocycles. The Bertz CT molecular complexity index is 578. The van der Waals surface area contributed by atoms with E-state index in [4.69, 9.17) is 4.99 Å². The second-order valence-electron chi connectivity index (χ2n) is 6.82. The van der Waals surface area contributed by atoms with Gasteiger partial charge in [0.15, 0.2) is 5.96 Å². The van der Waals surface area contributed by atoms with Crippen LogP contribution in [0.15, 0.2) is 4.99 Å². The molecule has 7 heteroatoms. The van der Waals surface area contributed by atoms with Crippen molar-refractivity contribution >= 4 is 29.9 Å². The largest absolute Gasteiger partial charge is 0.357 e. The Morgan fingerprint density at radius 2 is 2.04 bits per heavy atom. The minimum absolute atomic E-state index is 0. The third kappa shape index (κ3) is 4.62. The van der Waals surface area contributed by atoms with Crippen LogP contribution in [-0.4, -0.2) is 52.4 Å². The molecule has 1 unspecified atom stereocenters. The summed E-state index contributed by atoms with van der Waals surface area (Å²) >= 11 is 0. The van der Waals surface area contributed by atoms with Crippen molar-refractivity contribution in [3.63, 3.8) is 0 Å². The van der Waals surface area contributed by atoms with E-state index in [2.05, 4.69) is 41.4 Å². The zero-order chi connectivity index (χ0) is 16.4. The molecule has 1 saturated heterocycles. The van der Waals surface area contributed by atoms with Gasteiger partial charge in [0.2, 0.25) is 0 Å². The summed E-state index contributed by atoms with van der Waals surface area (Å²) in [6.45, 7) is 10.2. The summed E-state index contributed by atoms with van der Waals surface area (Å²) in [6, 6.07) is 1.38. The Balaban J connectivity index is 0.00000208. The molecule has 2 N–H and O–H groups in total. The second-order valence-corrected chi connectivity index (χ2v) is 6.82. The van der Waals surface area contributed by atoms with E-state index in [0.717, 1.165) is 30.8 Å². The lowest BCUT2D eigenvalue weighted by Gasteiger charge is -2.18. The van der Waals surface area contributed by atoms with Crippen molar-refractivity contribution in [1.82, 2.24) is 25.3 Å². The highest BCUT2D eigenvalue weighted by Crippen LogP contribution is 2.29. The molecule has 0 spiro atoms. The topological polar surface area (TPSA) is 57.5 Å². The molecule has 2 aliphatic rings. The van der Waals surface area contributed by atoms with Gasteiger partial charge in [-0.1, -0.05) is 0 Å². The number of aliphatic imine (C=N–C) groups is 1. The SMILES string of the molecule is CCNC(=NCc1c(C)nn(C)c1C)NC1CCN(C2CC2)C1.I. The predicted octanol–water partition coefficient (Wildman–Crippen LogP) is 1.95. The highest BCUT2D eigenvalue weighted by atomic mass is 127. The molecular weight excluding hydrogens is 415 g/mol. The molecule has 0 bridgehead atoms. The van der Waals surface area contributed by atoms with Gasteiger partial charge in [-0.3, -0.25) is 9.58 Å². The van der Waals surface area contributed by atoms with Crippen molar-refractivity contribution in [2.75, 3.05) is 19.6 Å². The van der Waals surface area contributed by atoms with Crippen molar-refractivity contribution in [2.45, 2.75) is 58.7 Å². The molecule has 0 amide bonds. The van der Waals surface area contributed by atoms with Crippen molar-refractivity contribution in [1.29, 1.82) is 0 Å². The first-order valence-electron chi connectivity index (χ1n) is 8.86. The number of hydrogen-bond acceptors (Lipinski definition) is 3. The monoisotopic (exact) mass is 446 g/mol. The van der Waals surface area contributed by atoms with Crippen LogP contribution in [-0.2, 0) is 13.6 Å². The highest BCUT2D eigenvalue weighted by Gasteiger charge is 2.34.